The average Bonchev–Trinajstić information content (AvgIpc) is 2.98. The molecule has 1 N–H and O–H groups in total. The summed E-state index contributed by atoms with van der Waals surface area (Å²) in [5.41, 5.74) is -0.795. The van der Waals surface area contributed by atoms with Gasteiger partial charge < -0.3 is 10.0 Å². The third-order valence-electron chi connectivity index (χ3n) is 4.24. The highest BCUT2D eigenvalue weighted by Crippen LogP contribution is 2.34. The molecule has 0 spiro atoms. The molecule has 1 aromatic heterocycles. The standard InChI is InChI=1S/C16H21NO3S/c1-16(2,15(19)20)12-5-3-9-17(11-12)14(18)8-7-13-6-4-10-21-13/h4,6-8,10,12H,3,5,9,11H2,1-2H3,(H,19,20)/b8-7+. The Kier molecular flexibility index (Phi) is 4.83. The number of rotatable bonds is 4. The first kappa shape index (κ1) is 15.8. The van der Waals surface area contributed by atoms with Gasteiger partial charge in [-0.25, -0.2) is 0 Å². The number of carboxylic acids is 1. The second-order valence-electron chi connectivity index (χ2n) is 6.00. The van der Waals surface area contributed by atoms with E-state index in [-0.39, 0.29) is 11.8 Å². The van der Waals surface area contributed by atoms with Crippen molar-refractivity contribution in [2.45, 2.75) is 26.7 Å². The van der Waals surface area contributed by atoms with Crippen LogP contribution in [0, 0.1) is 11.3 Å². The number of amides is 1. The number of thiophene rings is 1. The smallest absolute Gasteiger partial charge is 0.309 e. The SMILES string of the molecule is CC(C)(C(=O)O)C1CCCN(C(=O)/C=C/c2cccs2)C1. The van der Waals surface area contributed by atoms with Gasteiger partial charge in [0.2, 0.25) is 5.91 Å². The molecule has 4 nitrogen and oxygen atoms in total. The van der Waals surface area contributed by atoms with Crippen LogP contribution in [0.5, 0.6) is 0 Å². The number of piperidine rings is 1. The Labute approximate surface area is 129 Å². The van der Waals surface area contributed by atoms with Crippen LogP contribution in [0.25, 0.3) is 6.08 Å². The maximum Gasteiger partial charge on any atom is 0.309 e. The van der Waals surface area contributed by atoms with Crippen molar-refractivity contribution < 1.29 is 14.7 Å². The zero-order chi connectivity index (χ0) is 15.5. The van der Waals surface area contributed by atoms with Crippen LogP contribution in [-0.4, -0.2) is 35.0 Å². The van der Waals surface area contributed by atoms with Gasteiger partial charge in [0.05, 0.1) is 5.41 Å². The highest BCUT2D eigenvalue weighted by molar-refractivity contribution is 7.10. The van der Waals surface area contributed by atoms with E-state index >= 15 is 0 Å². The summed E-state index contributed by atoms with van der Waals surface area (Å²) in [4.78, 5) is 26.4. The Morgan fingerprint density at radius 2 is 2.24 bits per heavy atom. The molecule has 1 unspecified atom stereocenters. The summed E-state index contributed by atoms with van der Waals surface area (Å²) in [6.45, 7) is 4.72. The summed E-state index contributed by atoms with van der Waals surface area (Å²) in [6.07, 6.45) is 5.12. The van der Waals surface area contributed by atoms with Crippen LogP contribution in [-0.2, 0) is 9.59 Å². The van der Waals surface area contributed by atoms with Gasteiger partial charge >= 0.3 is 5.97 Å². The van der Waals surface area contributed by atoms with E-state index in [0.29, 0.717) is 13.1 Å². The van der Waals surface area contributed by atoms with E-state index in [1.165, 1.54) is 0 Å². The first-order valence-electron chi connectivity index (χ1n) is 7.15. The molecule has 1 fully saturated rings. The molecule has 1 aromatic rings. The van der Waals surface area contributed by atoms with Crippen molar-refractivity contribution in [1.82, 2.24) is 4.90 Å². The molecule has 1 amide bonds. The molecule has 1 aliphatic rings. The van der Waals surface area contributed by atoms with E-state index in [9.17, 15) is 14.7 Å². The van der Waals surface area contributed by atoms with Gasteiger partial charge in [-0.05, 0) is 50.1 Å². The predicted octanol–water partition coefficient (Wildman–Crippen LogP) is 3.11. The van der Waals surface area contributed by atoms with Crippen molar-refractivity contribution in [3.05, 3.63) is 28.5 Å². The normalized spacial score (nSPS) is 19.9. The van der Waals surface area contributed by atoms with Crippen molar-refractivity contribution in [3.8, 4) is 0 Å². The fraction of sp³-hybridized carbons (Fsp3) is 0.500. The number of hydrogen-bond donors (Lipinski definition) is 1. The molecule has 2 heterocycles. The third-order valence-corrected chi connectivity index (χ3v) is 5.08. The molecule has 0 bridgehead atoms. The van der Waals surface area contributed by atoms with E-state index in [1.54, 1.807) is 36.2 Å². The first-order valence-corrected chi connectivity index (χ1v) is 8.03. The number of carbonyl (C=O) groups excluding carboxylic acids is 1. The zero-order valence-electron chi connectivity index (χ0n) is 12.4. The van der Waals surface area contributed by atoms with Gasteiger partial charge in [-0.3, -0.25) is 9.59 Å². The lowest BCUT2D eigenvalue weighted by molar-refractivity contribution is -0.152. The van der Waals surface area contributed by atoms with Crippen LogP contribution in [0.3, 0.4) is 0 Å². The molecule has 0 radical (unpaired) electrons. The highest BCUT2D eigenvalue weighted by Gasteiger charge is 2.39. The van der Waals surface area contributed by atoms with Gasteiger partial charge in [0, 0.05) is 24.0 Å². The monoisotopic (exact) mass is 307 g/mol. The van der Waals surface area contributed by atoms with Gasteiger partial charge in [0.25, 0.3) is 0 Å². The first-order chi connectivity index (χ1) is 9.91. The number of aliphatic carboxylic acids is 1. The number of nitrogens with zero attached hydrogens (tertiary/aromatic N) is 1. The molecular weight excluding hydrogens is 286 g/mol. The molecule has 1 aliphatic heterocycles. The summed E-state index contributed by atoms with van der Waals surface area (Å²) < 4.78 is 0. The third kappa shape index (κ3) is 3.73. The zero-order valence-corrected chi connectivity index (χ0v) is 13.2. The minimum Gasteiger partial charge on any atom is -0.481 e. The van der Waals surface area contributed by atoms with E-state index in [1.807, 2.05) is 23.6 Å². The van der Waals surface area contributed by atoms with Gasteiger partial charge in [-0.1, -0.05) is 6.07 Å². The van der Waals surface area contributed by atoms with Crippen LogP contribution >= 0.6 is 11.3 Å². The maximum absolute atomic E-state index is 12.2. The van der Waals surface area contributed by atoms with Crippen molar-refractivity contribution in [2.24, 2.45) is 11.3 Å². The summed E-state index contributed by atoms with van der Waals surface area (Å²) in [6, 6.07) is 3.90. The number of carboxylic acid groups (broad SMARTS) is 1. The molecule has 0 aromatic carbocycles. The average molecular weight is 307 g/mol. The quantitative estimate of drug-likeness (QED) is 0.870. The van der Waals surface area contributed by atoms with E-state index in [0.717, 1.165) is 17.7 Å². The molecule has 1 saturated heterocycles. The Balaban J connectivity index is 2.00. The van der Waals surface area contributed by atoms with E-state index in [2.05, 4.69) is 0 Å². The summed E-state index contributed by atoms with van der Waals surface area (Å²) in [5, 5.41) is 11.3. The summed E-state index contributed by atoms with van der Waals surface area (Å²) in [5.74, 6) is -0.826. The molecule has 5 heteroatoms. The number of hydrogen-bond acceptors (Lipinski definition) is 3. The fourth-order valence-corrected chi connectivity index (χ4v) is 3.20. The minimum absolute atomic E-state index is 0.00263. The second-order valence-corrected chi connectivity index (χ2v) is 6.98. The van der Waals surface area contributed by atoms with Crippen LogP contribution in [0.1, 0.15) is 31.6 Å². The maximum atomic E-state index is 12.2. The second kappa shape index (κ2) is 6.43. The van der Waals surface area contributed by atoms with Gasteiger partial charge in [0.1, 0.15) is 0 Å². The predicted molar refractivity (Wildman–Crippen MR) is 84.1 cm³/mol. The molecule has 1 atom stereocenters. The van der Waals surface area contributed by atoms with Gasteiger partial charge in [-0.2, -0.15) is 0 Å². The Morgan fingerprint density at radius 1 is 1.48 bits per heavy atom. The number of carbonyl (C=O) groups is 2. The van der Waals surface area contributed by atoms with Crippen molar-refractivity contribution in [2.75, 3.05) is 13.1 Å². The highest BCUT2D eigenvalue weighted by atomic mass is 32.1. The molecule has 2 rings (SSSR count). The number of likely N-dealkylation sites (tertiary alicyclic amines) is 1. The van der Waals surface area contributed by atoms with Crippen LogP contribution in [0.2, 0.25) is 0 Å². The lowest BCUT2D eigenvalue weighted by Gasteiger charge is -2.38. The molecule has 114 valence electrons. The largest absolute Gasteiger partial charge is 0.481 e. The Hall–Kier alpha value is -1.62. The lowest BCUT2D eigenvalue weighted by atomic mass is 9.74. The van der Waals surface area contributed by atoms with Crippen LogP contribution in [0.4, 0.5) is 0 Å². The Morgan fingerprint density at radius 3 is 2.86 bits per heavy atom. The van der Waals surface area contributed by atoms with Crippen LogP contribution in [0.15, 0.2) is 23.6 Å². The van der Waals surface area contributed by atoms with E-state index < -0.39 is 11.4 Å². The van der Waals surface area contributed by atoms with Crippen LogP contribution < -0.4 is 0 Å². The minimum atomic E-state index is -0.795. The Bertz CT molecular complexity index is 534. The molecule has 0 saturated carbocycles. The lowest BCUT2D eigenvalue weighted by Crippen LogP contribution is -2.46. The van der Waals surface area contributed by atoms with Crippen molar-refractivity contribution in [3.63, 3.8) is 0 Å². The van der Waals surface area contributed by atoms with Gasteiger partial charge in [-0.15, -0.1) is 11.3 Å². The topological polar surface area (TPSA) is 57.6 Å². The van der Waals surface area contributed by atoms with Crippen molar-refractivity contribution in [1.29, 1.82) is 0 Å². The van der Waals surface area contributed by atoms with E-state index in [4.69, 9.17) is 0 Å². The van der Waals surface area contributed by atoms with Gasteiger partial charge in [0.15, 0.2) is 0 Å². The van der Waals surface area contributed by atoms with Crippen molar-refractivity contribution >= 4 is 29.3 Å². The molecule has 21 heavy (non-hydrogen) atoms. The molecular formula is C16H21NO3S. The summed E-state index contributed by atoms with van der Waals surface area (Å²) in [7, 11) is 0. The summed E-state index contributed by atoms with van der Waals surface area (Å²) >= 11 is 1.59. The molecule has 0 aliphatic carbocycles. The fourth-order valence-electron chi connectivity index (χ4n) is 2.59.